The van der Waals surface area contributed by atoms with Crippen LogP contribution in [-0.4, -0.2) is 31.2 Å². The second kappa shape index (κ2) is 5.14. The number of rotatable bonds is 4. The van der Waals surface area contributed by atoms with Gasteiger partial charge in [0.15, 0.2) is 0 Å². The van der Waals surface area contributed by atoms with E-state index in [9.17, 15) is 5.11 Å². The molecule has 0 heterocycles. The highest BCUT2D eigenvalue weighted by atomic mass is 16.5. The SMILES string of the molecule is COc1ccc([C@H](C)O)cc1CN(C)C. The van der Waals surface area contributed by atoms with Crippen LogP contribution in [-0.2, 0) is 6.54 Å². The molecule has 0 aliphatic rings. The lowest BCUT2D eigenvalue weighted by atomic mass is 10.1. The second-order valence-corrected chi connectivity index (χ2v) is 3.99. The summed E-state index contributed by atoms with van der Waals surface area (Å²) in [6, 6.07) is 5.78. The highest BCUT2D eigenvalue weighted by molar-refractivity contribution is 5.37. The van der Waals surface area contributed by atoms with Crippen LogP contribution in [0.3, 0.4) is 0 Å². The molecule has 1 aromatic rings. The molecular formula is C12H19NO2. The lowest BCUT2D eigenvalue weighted by Gasteiger charge is -2.15. The molecule has 3 nitrogen and oxygen atoms in total. The lowest BCUT2D eigenvalue weighted by Crippen LogP contribution is -2.12. The number of methoxy groups -OCH3 is 1. The summed E-state index contributed by atoms with van der Waals surface area (Å²) >= 11 is 0. The van der Waals surface area contributed by atoms with Crippen molar-refractivity contribution in [3.8, 4) is 5.75 Å². The Labute approximate surface area is 91.3 Å². The third-order valence-electron chi connectivity index (χ3n) is 2.27. The molecule has 0 aromatic heterocycles. The van der Waals surface area contributed by atoms with Crippen molar-refractivity contribution in [2.75, 3.05) is 21.2 Å². The van der Waals surface area contributed by atoms with E-state index >= 15 is 0 Å². The minimum atomic E-state index is -0.434. The Hall–Kier alpha value is -1.06. The van der Waals surface area contributed by atoms with E-state index in [1.165, 1.54) is 0 Å². The number of hydrogen-bond donors (Lipinski definition) is 1. The summed E-state index contributed by atoms with van der Waals surface area (Å²) in [6.07, 6.45) is -0.434. The number of nitrogens with zero attached hydrogens (tertiary/aromatic N) is 1. The minimum Gasteiger partial charge on any atom is -0.496 e. The van der Waals surface area contributed by atoms with Gasteiger partial charge < -0.3 is 14.7 Å². The monoisotopic (exact) mass is 209 g/mol. The highest BCUT2D eigenvalue weighted by Crippen LogP contribution is 2.23. The Bertz CT molecular complexity index is 321. The zero-order chi connectivity index (χ0) is 11.4. The van der Waals surface area contributed by atoms with E-state index in [0.717, 1.165) is 23.4 Å². The number of ether oxygens (including phenoxy) is 1. The van der Waals surface area contributed by atoms with Crippen LogP contribution in [0, 0.1) is 0 Å². The van der Waals surface area contributed by atoms with Crippen molar-refractivity contribution < 1.29 is 9.84 Å². The van der Waals surface area contributed by atoms with Crippen LogP contribution >= 0.6 is 0 Å². The molecule has 1 rings (SSSR count). The molecule has 0 radical (unpaired) electrons. The minimum absolute atomic E-state index is 0.434. The second-order valence-electron chi connectivity index (χ2n) is 3.99. The normalized spacial score (nSPS) is 12.9. The van der Waals surface area contributed by atoms with Crippen LogP contribution in [0.4, 0.5) is 0 Å². The largest absolute Gasteiger partial charge is 0.496 e. The van der Waals surface area contributed by atoms with Gasteiger partial charge in [-0.05, 0) is 38.7 Å². The van der Waals surface area contributed by atoms with Gasteiger partial charge in [-0.2, -0.15) is 0 Å². The van der Waals surface area contributed by atoms with Crippen molar-refractivity contribution in [3.63, 3.8) is 0 Å². The van der Waals surface area contributed by atoms with Gasteiger partial charge >= 0.3 is 0 Å². The highest BCUT2D eigenvalue weighted by Gasteiger charge is 2.08. The fourth-order valence-electron chi connectivity index (χ4n) is 1.52. The van der Waals surface area contributed by atoms with Crippen LogP contribution in [0.15, 0.2) is 18.2 Å². The van der Waals surface area contributed by atoms with Gasteiger partial charge in [-0.3, -0.25) is 0 Å². The molecule has 0 fully saturated rings. The summed E-state index contributed by atoms with van der Waals surface area (Å²) in [7, 11) is 5.68. The molecule has 84 valence electrons. The van der Waals surface area contributed by atoms with E-state index in [-0.39, 0.29) is 0 Å². The van der Waals surface area contributed by atoms with Crippen LogP contribution in [0.2, 0.25) is 0 Å². The first-order chi connectivity index (χ1) is 7.04. The predicted octanol–water partition coefficient (Wildman–Crippen LogP) is 1.81. The fraction of sp³-hybridized carbons (Fsp3) is 0.500. The van der Waals surface area contributed by atoms with Gasteiger partial charge in [0.05, 0.1) is 13.2 Å². The Kier molecular flexibility index (Phi) is 4.12. The van der Waals surface area contributed by atoms with Crippen molar-refractivity contribution in [1.82, 2.24) is 4.90 Å². The summed E-state index contributed by atoms with van der Waals surface area (Å²) < 4.78 is 5.27. The van der Waals surface area contributed by atoms with Gasteiger partial charge in [-0.1, -0.05) is 6.07 Å². The van der Waals surface area contributed by atoms with E-state index < -0.39 is 6.10 Å². The zero-order valence-corrected chi connectivity index (χ0v) is 9.82. The van der Waals surface area contributed by atoms with E-state index in [4.69, 9.17) is 4.74 Å². The molecule has 0 aliphatic heterocycles. The van der Waals surface area contributed by atoms with Gasteiger partial charge in [0.2, 0.25) is 0 Å². The number of aliphatic hydroxyl groups excluding tert-OH is 1. The van der Waals surface area contributed by atoms with E-state index in [2.05, 4.69) is 4.90 Å². The van der Waals surface area contributed by atoms with Gasteiger partial charge in [0, 0.05) is 12.1 Å². The topological polar surface area (TPSA) is 32.7 Å². The van der Waals surface area contributed by atoms with Crippen LogP contribution in [0.1, 0.15) is 24.2 Å². The quantitative estimate of drug-likeness (QED) is 0.821. The molecule has 0 saturated heterocycles. The van der Waals surface area contributed by atoms with Gasteiger partial charge in [-0.15, -0.1) is 0 Å². The Morgan fingerprint density at radius 1 is 1.40 bits per heavy atom. The van der Waals surface area contributed by atoms with Crippen LogP contribution in [0.5, 0.6) is 5.75 Å². The molecule has 0 saturated carbocycles. The van der Waals surface area contributed by atoms with Crippen molar-refractivity contribution in [2.24, 2.45) is 0 Å². The molecule has 0 amide bonds. The first-order valence-electron chi connectivity index (χ1n) is 5.04. The van der Waals surface area contributed by atoms with Crippen molar-refractivity contribution in [3.05, 3.63) is 29.3 Å². The maximum Gasteiger partial charge on any atom is 0.123 e. The predicted molar refractivity (Wildman–Crippen MR) is 61.0 cm³/mol. The average Bonchev–Trinajstić information content (AvgIpc) is 2.16. The van der Waals surface area contributed by atoms with Crippen molar-refractivity contribution in [2.45, 2.75) is 19.6 Å². The number of aliphatic hydroxyl groups is 1. The number of benzene rings is 1. The lowest BCUT2D eigenvalue weighted by molar-refractivity contribution is 0.199. The zero-order valence-electron chi connectivity index (χ0n) is 9.82. The Morgan fingerprint density at radius 2 is 2.07 bits per heavy atom. The summed E-state index contributed by atoms with van der Waals surface area (Å²) in [5.41, 5.74) is 2.02. The smallest absolute Gasteiger partial charge is 0.123 e. The van der Waals surface area contributed by atoms with Gasteiger partial charge in [0.1, 0.15) is 5.75 Å². The summed E-state index contributed by atoms with van der Waals surface area (Å²) in [5, 5.41) is 9.49. The third kappa shape index (κ3) is 3.22. The van der Waals surface area contributed by atoms with Crippen molar-refractivity contribution in [1.29, 1.82) is 0 Å². The van der Waals surface area contributed by atoms with Gasteiger partial charge in [0.25, 0.3) is 0 Å². The maximum absolute atomic E-state index is 9.49. The van der Waals surface area contributed by atoms with Crippen LogP contribution < -0.4 is 4.74 Å². The first kappa shape index (κ1) is 12.0. The average molecular weight is 209 g/mol. The molecule has 15 heavy (non-hydrogen) atoms. The molecule has 1 aromatic carbocycles. The summed E-state index contributed by atoms with van der Waals surface area (Å²) in [5.74, 6) is 0.869. The number of hydrogen-bond acceptors (Lipinski definition) is 3. The molecule has 0 aliphatic carbocycles. The molecule has 0 unspecified atom stereocenters. The Balaban J connectivity index is 3.02. The summed E-state index contributed by atoms with van der Waals surface area (Å²) in [4.78, 5) is 2.07. The molecule has 1 N–H and O–H groups in total. The maximum atomic E-state index is 9.49. The fourth-order valence-corrected chi connectivity index (χ4v) is 1.52. The molecule has 0 bridgehead atoms. The van der Waals surface area contributed by atoms with E-state index in [1.54, 1.807) is 14.0 Å². The molecule has 3 heteroatoms. The molecule has 1 atom stereocenters. The molecular weight excluding hydrogens is 190 g/mol. The van der Waals surface area contributed by atoms with Crippen molar-refractivity contribution >= 4 is 0 Å². The molecule has 0 spiro atoms. The first-order valence-corrected chi connectivity index (χ1v) is 5.04. The third-order valence-corrected chi connectivity index (χ3v) is 2.27. The van der Waals surface area contributed by atoms with Crippen LogP contribution in [0.25, 0.3) is 0 Å². The van der Waals surface area contributed by atoms with E-state index in [1.807, 2.05) is 32.3 Å². The summed E-state index contributed by atoms with van der Waals surface area (Å²) in [6.45, 7) is 2.57. The standard InChI is InChI=1S/C12H19NO2/c1-9(14)10-5-6-12(15-4)11(7-10)8-13(2)3/h5-7,9,14H,8H2,1-4H3/t9-/m0/s1. The van der Waals surface area contributed by atoms with Gasteiger partial charge in [-0.25, -0.2) is 0 Å². The Morgan fingerprint density at radius 3 is 2.53 bits per heavy atom. The van der Waals surface area contributed by atoms with E-state index in [0.29, 0.717) is 0 Å².